The van der Waals surface area contributed by atoms with Crippen LogP contribution in [-0.4, -0.2) is 6.66 Å². The first-order valence-corrected chi connectivity index (χ1v) is 9.80. The molecular weight excluding hydrogens is 356 g/mol. The molecule has 0 heterocycles. The quantitative estimate of drug-likeness (QED) is 0.511. The molecular formula is C18H23Cl2F2P. The number of hydrogen-bond donors (Lipinski definition) is 0. The molecule has 1 atom stereocenters. The van der Waals surface area contributed by atoms with Crippen molar-refractivity contribution in [2.45, 2.75) is 33.6 Å². The third kappa shape index (κ3) is 8.65. The molecule has 0 saturated heterocycles. The third-order valence-electron chi connectivity index (χ3n) is 2.73. The van der Waals surface area contributed by atoms with Crippen LogP contribution in [0.5, 0.6) is 0 Å². The molecule has 2 aromatic rings. The van der Waals surface area contributed by atoms with Crippen LogP contribution in [-0.2, 0) is 6.42 Å². The highest BCUT2D eigenvalue weighted by molar-refractivity contribution is 7.46. The van der Waals surface area contributed by atoms with Gasteiger partial charge in [-0.25, -0.2) is 8.78 Å². The Kier molecular flexibility index (Phi) is 12.3. The van der Waals surface area contributed by atoms with Crippen LogP contribution >= 0.6 is 31.8 Å². The minimum Gasteiger partial charge on any atom is -0.205 e. The molecule has 1 unspecified atom stereocenters. The van der Waals surface area contributed by atoms with Gasteiger partial charge in [0.15, 0.2) is 0 Å². The average Bonchev–Trinajstić information content (AvgIpc) is 2.56. The Bertz CT molecular complexity index is 589. The number of rotatable bonds is 3. The Morgan fingerprint density at radius 1 is 0.913 bits per heavy atom. The molecule has 0 fully saturated rings. The van der Waals surface area contributed by atoms with Crippen LogP contribution in [0.15, 0.2) is 36.4 Å². The summed E-state index contributed by atoms with van der Waals surface area (Å²) in [5, 5.41) is 1.50. The second-order valence-corrected chi connectivity index (χ2v) is 6.27. The molecule has 23 heavy (non-hydrogen) atoms. The van der Waals surface area contributed by atoms with E-state index in [4.69, 9.17) is 23.2 Å². The van der Waals surface area contributed by atoms with E-state index in [-0.39, 0.29) is 21.7 Å². The van der Waals surface area contributed by atoms with Crippen molar-refractivity contribution < 1.29 is 8.78 Å². The molecule has 5 heteroatoms. The zero-order valence-corrected chi connectivity index (χ0v) is 16.4. The molecule has 0 radical (unpaired) electrons. The number of aryl methyl sites for hydroxylation is 1. The molecule has 0 amide bonds. The van der Waals surface area contributed by atoms with Gasteiger partial charge in [0, 0.05) is 0 Å². The van der Waals surface area contributed by atoms with Crippen molar-refractivity contribution in [1.29, 1.82) is 0 Å². The van der Waals surface area contributed by atoms with Crippen molar-refractivity contribution in [3.63, 3.8) is 0 Å². The minimum atomic E-state index is -0.344. The Morgan fingerprint density at radius 2 is 1.57 bits per heavy atom. The first-order valence-electron chi connectivity index (χ1n) is 7.54. The lowest BCUT2D eigenvalue weighted by Crippen LogP contribution is -1.92. The second-order valence-electron chi connectivity index (χ2n) is 4.38. The summed E-state index contributed by atoms with van der Waals surface area (Å²) in [5.41, 5.74) is 1.01. The van der Waals surface area contributed by atoms with E-state index in [0.717, 1.165) is 23.7 Å². The van der Waals surface area contributed by atoms with Gasteiger partial charge in [-0.15, -0.1) is 0 Å². The summed E-state index contributed by atoms with van der Waals surface area (Å²) in [4.78, 5) is 0. The fraction of sp³-hybridized carbons (Fsp3) is 0.333. The van der Waals surface area contributed by atoms with Crippen molar-refractivity contribution in [2.24, 2.45) is 0 Å². The largest absolute Gasteiger partial charge is 0.205 e. The van der Waals surface area contributed by atoms with Crippen molar-refractivity contribution in [3.05, 3.63) is 63.6 Å². The predicted octanol–water partition coefficient (Wildman–Crippen LogP) is 6.87. The molecule has 0 N–H and O–H groups in total. The van der Waals surface area contributed by atoms with Gasteiger partial charge in [0.25, 0.3) is 0 Å². The number of halogens is 4. The summed E-state index contributed by atoms with van der Waals surface area (Å²) in [7, 11) is 0.672. The Labute approximate surface area is 150 Å². The van der Waals surface area contributed by atoms with E-state index in [9.17, 15) is 8.78 Å². The van der Waals surface area contributed by atoms with E-state index in [0.29, 0.717) is 8.58 Å². The van der Waals surface area contributed by atoms with Crippen LogP contribution in [0.2, 0.25) is 10.0 Å². The molecule has 2 rings (SSSR count). The molecule has 2 aromatic carbocycles. The van der Waals surface area contributed by atoms with Gasteiger partial charge in [-0.1, -0.05) is 71.1 Å². The minimum absolute atomic E-state index is 0.199. The molecule has 0 aliphatic rings. The van der Waals surface area contributed by atoms with Crippen LogP contribution in [0.3, 0.4) is 0 Å². The number of hydrogen-bond acceptors (Lipinski definition) is 0. The lowest BCUT2D eigenvalue weighted by atomic mass is 10.1. The van der Waals surface area contributed by atoms with Gasteiger partial charge in [0.2, 0.25) is 0 Å². The maximum Gasteiger partial charge on any atom is 0.142 e. The first kappa shape index (κ1) is 22.3. The van der Waals surface area contributed by atoms with Crippen LogP contribution < -0.4 is 5.30 Å². The summed E-state index contributed by atoms with van der Waals surface area (Å²) >= 11 is 11.0. The Morgan fingerprint density at radius 3 is 2.04 bits per heavy atom. The fourth-order valence-corrected chi connectivity index (χ4v) is 2.56. The van der Waals surface area contributed by atoms with Gasteiger partial charge < -0.3 is 0 Å². The van der Waals surface area contributed by atoms with Crippen LogP contribution in [0.4, 0.5) is 8.78 Å². The maximum atomic E-state index is 12.8. The van der Waals surface area contributed by atoms with Crippen molar-refractivity contribution in [2.75, 3.05) is 6.66 Å². The van der Waals surface area contributed by atoms with Gasteiger partial charge in [-0.2, -0.15) is 0 Å². The first-order chi connectivity index (χ1) is 11.0. The van der Waals surface area contributed by atoms with Gasteiger partial charge in [0.05, 0.1) is 10.0 Å². The summed E-state index contributed by atoms with van der Waals surface area (Å²) in [6.45, 7) is 8.09. The predicted molar refractivity (Wildman–Crippen MR) is 102 cm³/mol. The van der Waals surface area contributed by atoms with Crippen molar-refractivity contribution in [3.8, 4) is 0 Å². The monoisotopic (exact) mass is 378 g/mol. The highest BCUT2D eigenvalue weighted by atomic mass is 35.5. The summed E-state index contributed by atoms with van der Waals surface area (Å²) in [5.74, 6) is -0.665. The SMILES string of the molecule is CC.CCCc1ccc(Cl)c(F)c1.CPc1ccc(F)c(Cl)c1. The zero-order chi connectivity index (χ0) is 17.8. The van der Waals surface area contributed by atoms with Gasteiger partial charge in [-0.3, -0.25) is 0 Å². The topological polar surface area (TPSA) is 0 Å². The van der Waals surface area contributed by atoms with Crippen LogP contribution in [0.1, 0.15) is 32.8 Å². The Balaban J connectivity index is 0.000000381. The molecule has 0 nitrogen and oxygen atoms in total. The van der Waals surface area contributed by atoms with E-state index >= 15 is 0 Å². The standard InChI is InChI=1S/C9H10ClF.C7H7ClFP.C2H6/c1-2-3-7-4-5-8(10)9(11)6-7;1-10-5-2-3-7(9)6(8)4-5;1-2/h4-6H,2-3H2,1H3;2-4,10H,1H3;1-2H3. The normalized spacial score (nSPS) is 9.91. The third-order valence-corrected chi connectivity index (χ3v) is 4.22. The van der Waals surface area contributed by atoms with Gasteiger partial charge in [-0.05, 0) is 48.2 Å². The zero-order valence-electron chi connectivity index (χ0n) is 13.9. The van der Waals surface area contributed by atoms with Gasteiger partial charge >= 0.3 is 0 Å². The summed E-state index contributed by atoms with van der Waals surface area (Å²) < 4.78 is 25.3. The smallest absolute Gasteiger partial charge is 0.142 e. The van der Waals surface area contributed by atoms with E-state index in [2.05, 4.69) is 6.92 Å². The fourth-order valence-electron chi connectivity index (χ4n) is 1.64. The molecule has 0 saturated carbocycles. The van der Waals surface area contributed by atoms with E-state index in [1.165, 1.54) is 12.1 Å². The highest BCUT2D eigenvalue weighted by Gasteiger charge is 1.99. The highest BCUT2D eigenvalue weighted by Crippen LogP contribution is 2.16. The van der Waals surface area contributed by atoms with Crippen LogP contribution in [0, 0.1) is 11.6 Å². The maximum absolute atomic E-state index is 12.8. The molecule has 0 aliphatic heterocycles. The molecule has 0 aromatic heterocycles. The number of benzene rings is 2. The molecule has 128 valence electrons. The average molecular weight is 379 g/mol. The Hall–Kier alpha value is -0.690. The van der Waals surface area contributed by atoms with Crippen LogP contribution in [0.25, 0.3) is 0 Å². The van der Waals surface area contributed by atoms with E-state index in [1.807, 2.05) is 26.6 Å². The molecule has 0 aliphatic carbocycles. The summed E-state index contributed by atoms with van der Waals surface area (Å²) in [6.07, 6.45) is 1.94. The molecule has 0 spiro atoms. The van der Waals surface area contributed by atoms with Crippen molar-refractivity contribution >= 4 is 37.1 Å². The summed E-state index contributed by atoms with van der Waals surface area (Å²) in [6, 6.07) is 9.76. The van der Waals surface area contributed by atoms with Gasteiger partial charge in [0.1, 0.15) is 11.6 Å². The van der Waals surface area contributed by atoms with E-state index in [1.54, 1.807) is 18.2 Å². The van der Waals surface area contributed by atoms with Crippen molar-refractivity contribution in [1.82, 2.24) is 0 Å². The lowest BCUT2D eigenvalue weighted by Gasteiger charge is -1.98. The molecule has 0 bridgehead atoms. The van der Waals surface area contributed by atoms with E-state index < -0.39 is 0 Å². The second kappa shape index (κ2) is 12.7. The lowest BCUT2D eigenvalue weighted by molar-refractivity contribution is 0.625.